The first-order valence-corrected chi connectivity index (χ1v) is 8.74. The number of hydrogen-bond donors (Lipinski definition) is 3. The zero-order chi connectivity index (χ0) is 20.5. The summed E-state index contributed by atoms with van der Waals surface area (Å²) in [5, 5.41) is 5.50. The van der Waals surface area contributed by atoms with Gasteiger partial charge in [0.2, 0.25) is 0 Å². The molecular formula is C18H15BrF3N4O2+. The first kappa shape index (κ1) is 19.7. The number of halogens is 4. The second kappa shape index (κ2) is 7.55. The maximum absolute atomic E-state index is 12.8. The number of ether oxygens (including phenoxy) is 1. The highest BCUT2D eigenvalue weighted by molar-refractivity contribution is 9.10. The minimum atomic E-state index is -4.44. The van der Waals surface area contributed by atoms with Gasteiger partial charge in [-0.25, -0.2) is 5.10 Å². The number of carbonyl (C=O) groups excluding carboxylic acids is 1. The topological polar surface area (TPSA) is 84.0 Å². The molecular weight excluding hydrogens is 441 g/mol. The van der Waals surface area contributed by atoms with Gasteiger partial charge in [-0.1, -0.05) is 6.07 Å². The lowest BCUT2D eigenvalue weighted by Gasteiger charge is -2.10. The van der Waals surface area contributed by atoms with Crippen molar-refractivity contribution in [1.82, 2.24) is 5.10 Å². The maximum Gasteiger partial charge on any atom is 0.416 e. The van der Waals surface area contributed by atoms with Crippen molar-refractivity contribution in [3.8, 4) is 11.5 Å². The van der Waals surface area contributed by atoms with Gasteiger partial charge in [-0.15, -0.1) is 0 Å². The number of aryl methyl sites for hydroxylation is 1. The summed E-state index contributed by atoms with van der Waals surface area (Å²) in [5.74, 6) is 0.347. The number of anilines is 2. The Labute approximate surface area is 166 Å². The highest BCUT2D eigenvalue weighted by Gasteiger charge is 2.30. The van der Waals surface area contributed by atoms with Crippen molar-refractivity contribution in [3.63, 3.8) is 0 Å². The SMILES string of the molecule is C[n+]1[nH]c(C(=O)Nc2ccc(Oc3cccc(C(F)(F)F)c3)cc2)c(Br)c1N. The van der Waals surface area contributed by atoms with Crippen molar-refractivity contribution in [1.29, 1.82) is 0 Å². The number of nitrogens with one attached hydrogen (secondary N) is 2. The van der Waals surface area contributed by atoms with Gasteiger partial charge in [0.05, 0.1) is 5.56 Å². The third-order valence-electron chi connectivity index (χ3n) is 3.82. The van der Waals surface area contributed by atoms with Gasteiger partial charge in [0, 0.05) is 5.69 Å². The van der Waals surface area contributed by atoms with E-state index in [1.165, 1.54) is 28.9 Å². The zero-order valence-electron chi connectivity index (χ0n) is 14.5. The molecule has 0 spiro atoms. The van der Waals surface area contributed by atoms with Crippen LogP contribution in [0.4, 0.5) is 24.7 Å². The van der Waals surface area contributed by atoms with Crippen LogP contribution in [-0.4, -0.2) is 11.0 Å². The molecule has 0 saturated carbocycles. The van der Waals surface area contributed by atoms with E-state index in [4.69, 9.17) is 10.5 Å². The fourth-order valence-electron chi connectivity index (χ4n) is 2.37. The summed E-state index contributed by atoms with van der Waals surface area (Å²) >= 11 is 3.25. The van der Waals surface area contributed by atoms with Gasteiger partial charge >= 0.3 is 12.0 Å². The fraction of sp³-hybridized carbons (Fsp3) is 0.111. The Morgan fingerprint density at radius 3 is 2.43 bits per heavy atom. The second-order valence-corrected chi connectivity index (χ2v) is 6.64. The van der Waals surface area contributed by atoms with Gasteiger partial charge < -0.3 is 10.1 Å². The van der Waals surface area contributed by atoms with E-state index in [-0.39, 0.29) is 11.4 Å². The van der Waals surface area contributed by atoms with E-state index in [2.05, 4.69) is 26.3 Å². The van der Waals surface area contributed by atoms with Crippen LogP contribution in [-0.2, 0) is 13.2 Å². The van der Waals surface area contributed by atoms with Crippen molar-refractivity contribution in [2.75, 3.05) is 11.1 Å². The van der Waals surface area contributed by atoms with E-state index in [0.29, 0.717) is 21.7 Å². The predicted molar refractivity (Wildman–Crippen MR) is 100.0 cm³/mol. The predicted octanol–water partition coefficient (Wildman–Crippen LogP) is 4.25. The molecule has 28 heavy (non-hydrogen) atoms. The van der Waals surface area contributed by atoms with Crippen LogP contribution < -0.4 is 20.5 Å². The van der Waals surface area contributed by atoms with Gasteiger partial charge in [-0.05, 0) is 58.4 Å². The smallest absolute Gasteiger partial charge is 0.416 e. The molecule has 6 nitrogen and oxygen atoms in total. The van der Waals surface area contributed by atoms with E-state index < -0.39 is 17.6 Å². The molecule has 3 aromatic rings. The number of aromatic amines is 1. The molecule has 0 radical (unpaired) electrons. The lowest BCUT2D eigenvalue weighted by Crippen LogP contribution is -2.33. The van der Waals surface area contributed by atoms with Crippen molar-refractivity contribution >= 4 is 33.3 Å². The number of amides is 1. The molecule has 10 heteroatoms. The Hall–Kier alpha value is -3.01. The molecule has 1 aromatic heterocycles. The number of benzene rings is 2. The average Bonchev–Trinajstić information content (AvgIpc) is 2.90. The number of carbonyl (C=O) groups is 1. The Morgan fingerprint density at radius 2 is 1.86 bits per heavy atom. The van der Waals surface area contributed by atoms with Crippen LogP contribution >= 0.6 is 15.9 Å². The summed E-state index contributed by atoms with van der Waals surface area (Å²) < 4.78 is 45.7. The third-order valence-corrected chi connectivity index (χ3v) is 4.62. The number of nitrogens with zero attached hydrogens (tertiary/aromatic N) is 1. The van der Waals surface area contributed by atoms with Crippen LogP contribution in [0.3, 0.4) is 0 Å². The van der Waals surface area contributed by atoms with Crippen LogP contribution in [0.15, 0.2) is 53.0 Å². The molecule has 0 unspecified atom stereocenters. The molecule has 0 fully saturated rings. The molecule has 0 saturated heterocycles. The number of rotatable bonds is 4. The van der Waals surface area contributed by atoms with Gasteiger partial charge in [0.15, 0.2) is 5.69 Å². The van der Waals surface area contributed by atoms with Gasteiger partial charge in [-0.2, -0.15) is 17.9 Å². The molecule has 1 amide bonds. The van der Waals surface area contributed by atoms with Gasteiger partial charge in [0.1, 0.15) is 23.0 Å². The Morgan fingerprint density at radius 1 is 1.18 bits per heavy atom. The summed E-state index contributed by atoms with van der Waals surface area (Å²) in [6.45, 7) is 0. The van der Waals surface area contributed by atoms with Crippen molar-refractivity contribution in [3.05, 3.63) is 64.3 Å². The molecule has 0 atom stereocenters. The number of nitrogen functional groups attached to an aromatic ring is 1. The van der Waals surface area contributed by atoms with Gasteiger partial charge in [-0.3, -0.25) is 10.5 Å². The quantitative estimate of drug-likeness (QED) is 0.514. The highest BCUT2D eigenvalue weighted by Crippen LogP contribution is 2.33. The summed E-state index contributed by atoms with van der Waals surface area (Å²) in [4.78, 5) is 12.3. The first-order chi connectivity index (χ1) is 13.1. The number of H-pyrrole nitrogens is 1. The minimum absolute atomic E-state index is 0.0601. The summed E-state index contributed by atoms with van der Waals surface area (Å²) in [6.07, 6.45) is -4.44. The largest absolute Gasteiger partial charge is 0.457 e. The second-order valence-electron chi connectivity index (χ2n) is 5.85. The zero-order valence-corrected chi connectivity index (χ0v) is 16.1. The molecule has 1 heterocycles. The average molecular weight is 456 g/mol. The van der Waals surface area contributed by atoms with Crippen LogP contribution in [0.2, 0.25) is 0 Å². The molecule has 0 bridgehead atoms. The van der Waals surface area contributed by atoms with Crippen LogP contribution in [0.25, 0.3) is 0 Å². The molecule has 0 aliphatic heterocycles. The van der Waals surface area contributed by atoms with Crippen LogP contribution in [0, 0.1) is 0 Å². The van der Waals surface area contributed by atoms with E-state index in [1.807, 2.05) is 0 Å². The Bertz CT molecular complexity index is 1020. The lowest BCUT2D eigenvalue weighted by atomic mass is 10.2. The first-order valence-electron chi connectivity index (χ1n) is 7.94. The third kappa shape index (κ3) is 4.28. The summed E-state index contributed by atoms with van der Waals surface area (Å²) in [7, 11) is 1.66. The van der Waals surface area contributed by atoms with E-state index in [1.54, 1.807) is 19.2 Å². The maximum atomic E-state index is 12.8. The standard InChI is InChI=1S/C18H14BrF3N4O2/c1-26-16(23)14(19)15(25-26)17(27)24-11-5-7-12(8-6-11)28-13-4-2-3-10(9-13)18(20,21)22/h2-9H,1H3,(H3,23,24,25,27)/p+1. The summed E-state index contributed by atoms with van der Waals surface area (Å²) in [6, 6.07) is 10.8. The molecule has 3 rings (SSSR count). The normalized spacial score (nSPS) is 11.3. The van der Waals surface area contributed by atoms with Crippen LogP contribution in [0.1, 0.15) is 16.1 Å². The molecule has 0 aliphatic carbocycles. The van der Waals surface area contributed by atoms with Crippen molar-refractivity contribution < 1.29 is 27.4 Å². The van der Waals surface area contributed by atoms with E-state index in [9.17, 15) is 18.0 Å². The number of alkyl halides is 3. The fourth-order valence-corrected chi connectivity index (χ4v) is 2.91. The number of aromatic nitrogens is 2. The molecule has 4 N–H and O–H groups in total. The number of hydrogen-bond acceptors (Lipinski definition) is 3. The molecule has 2 aromatic carbocycles. The Balaban J connectivity index is 1.70. The highest BCUT2D eigenvalue weighted by atomic mass is 79.9. The van der Waals surface area contributed by atoms with Crippen LogP contribution in [0.5, 0.6) is 11.5 Å². The monoisotopic (exact) mass is 455 g/mol. The van der Waals surface area contributed by atoms with Crippen molar-refractivity contribution in [2.45, 2.75) is 6.18 Å². The van der Waals surface area contributed by atoms with Gasteiger partial charge in [0.25, 0.3) is 5.91 Å². The minimum Gasteiger partial charge on any atom is -0.457 e. The molecule has 146 valence electrons. The lowest BCUT2D eigenvalue weighted by molar-refractivity contribution is -0.713. The number of nitrogens with two attached hydrogens (primary N) is 1. The molecule has 0 aliphatic rings. The van der Waals surface area contributed by atoms with Crippen molar-refractivity contribution in [2.24, 2.45) is 7.05 Å². The van der Waals surface area contributed by atoms with E-state index in [0.717, 1.165) is 12.1 Å². The van der Waals surface area contributed by atoms with E-state index >= 15 is 0 Å². The summed E-state index contributed by atoms with van der Waals surface area (Å²) in [5.41, 5.74) is 5.72. The Kier molecular flexibility index (Phi) is 5.32.